The zero-order chi connectivity index (χ0) is 11.4. The Balaban J connectivity index is 2.52. The van der Waals surface area contributed by atoms with E-state index in [0.717, 1.165) is 5.71 Å². The first-order chi connectivity index (χ1) is 6.91. The number of hydrogen-bond donors (Lipinski definition) is 1. The Morgan fingerprint density at radius 3 is 2.47 bits per heavy atom. The summed E-state index contributed by atoms with van der Waals surface area (Å²) in [6, 6.07) is 0. The van der Waals surface area contributed by atoms with Gasteiger partial charge in [-0.3, -0.25) is 0 Å². The summed E-state index contributed by atoms with van der Waals surface area (Å²) in [6.07, 6.45) is 1.17. The Morgan fingerprint density at radius 1 is 1.40 bits per heavy atom. The highest BCUT2D eigenvalue weighted by Crippen LogP contribution is 2.60. The van der Waals surface area contributed by atoms with E-state index in [-0.39, 0.29) is 0 Å². The smallest absolute Gasteiger partial charge is 0.0863 e. The molecule has 0 saturated heterocycles. The topological polar surface area (TPSA) is 32.6 Å². The minimum absolute atomic E-state index is 0.353. The van der Waals surface area contributed by atoms with Gasteiger partial charge in [-0.1, -0.05) is 31.5 Å². The second kappa shape index (κ2) is 3.10. The lowest BCUT2D eigenvalue weighted by Gasteiger charge is -2.38. The molecule has 0 aliphatic heterocycles. The van der Waals surface area contributed by atoms with Gasteiger partial charge in [0, 0.05) is 5.92 Å². The normalized spacial score (nSPS) is 40.2. The molecule has 0 aromatic heterocycles. The predicted octanol–water partition coefficient (Wildman–Crippen LogP) is 3.47. The zero-order valence-corrected chi connectivity index (χ0v) is 10.3. The van der Waals surface area contributed by atoms with E-state index in [2.05, 4.69) is 39.8 Å². The van der Waals surface area contributed by atoms with E-state index in [4.69, 9.17) is 5.21 Å². The van der Waals surface area contributed by atoms with Crippen molar-refractivity contribution in [2.24, 2.45) is 28.3 Å². The van der Waals surface area contributed by atoms with Crippen molar-refractivity contribution >= 4 is 5.71 Å². The summed E-state index contributed by atoms with van der Waals surface area (Å²) in [5, 5.41) is 12.7. The fraction of sp³-hybridized carbons (Fsp3) is 0.769. The van der Waals surface area contributed by atoms with Crippen molar-refractivity contribution in [1.29, 1.82) is 0 Å². The van der Waals surface area contributed by atoms with Gasteiger partial charge in [0.05, 0.1) is 5.71 Å². The Kier molecular flexibility index (Phi) is 2.21. The molecule has 0 heterocycles. The molecule has 2 aliphatic rings. The van der Waals surface area contributed by atoms with Gasteiger partial charge in [0.15, 0.2) is 0 Å². The summed E-state index contributed by atoms with van der Waals surface area (Å²) in [6.45, 7) is 11.2. The van der Waals surface area contributed by atoms with Crippen molar-refractivity contribution in [3.05, 3.63) is 11.1 Å². The van der Waals surface area contributed by atoms with Crippen LogP contribution in [0.25, 0.3) is 0 Å². The number of fused-ring (bicyclic) bond motifs is 2. The molecule has 1 N–H and O–H groups in total. The van der Waals surface area contributed by atoms with Gasteiger partial charge in [-0.05, 0) is 43.1 Å². The summed E-state index contributed by atoms with van der Waals surface area (Å²) in [5.74, 6) is 1.68. The Morgan fingerprint density at radius 2 is 2.00 bits per heavy atom. The molecule has 0 aromatic rings. The fourth-order valence-corrected chi connectivity index (χ4v) is 3.55. The van der Waals surface area contributed by atoms with E-state index in [1.54, 1.807) is 0 Å². The quantitative estimate of drug-likeness (QED) is 0.479. The van der Waals surface area contributed by atoms with Crippen molar-refractivity contribution in [1.82, 2.24) is 0 Å². The Hall–Kier alpha value is -0.790. The molecule has 2 heteroatoms. The largest absolute Gasteiger partial charge is 0.411 e. The molecule has 2 aliphatic carbocycles. The molecule has 2 bridgehead atoms. The maximum absolute atomic E-state index is 9.15. The molecule has 84 valence electrons. The van der Waals surface area contributed by atoms with E-state index in [9.17, 15) is 0 Å². The van der Waals surface area contributed by atoms with Crippen molar-refractivity contribution in [3.8, 4) is 0 Å². The summed E-state index contributed by atoms with van der Waals surface area (Å²) in [5.41, 5.74) is 3.96. The van der Waals surface area contributed by atoms with Crippen LogP contribution in [-0.2, 0) is 0 Å². The van der Waals surface area contributed by atoms with Gasteiger partial charge < -0.3 is 5.21 Å². The maximum atomic E-state index is 9.15. The molecule has 2 rings (SSSR count). The number of hydrogen-bond acceptors (Lipinski definition) is 2. The lowest BCUT2D eigenvalue weighted by atomic mass is 9.66. The van der Waals surface area contributed by atoms with Gasteiger partial charge in [-0.25, -0.2) is 0 Å². The van der Waals surface area contributed by atoms with Crippen LogP contribution in [0.3, 0.4) is 0 Å². The van der Waals surface area contributed by atoms with Gasteiger partial charge in [-0.2, -0.15) is 0 Å². The first-order valence-corrected chi connectivity index (χ1v) is 5.81. The third-order valence-corrected chi connectivity index (χ3v) is 4.79. The van der Waals surface area contributed by atoms with E-state index < -0.39 is 0 Å². The average Bonchev–Trinajstić information content (AvgIpc) is 2.63. The monoisotopic (exact) mass is 207 g/mol. The first-order valence-electron chi connectivity index (χ1n) is 5.81. The number of nitrogens with zero attached hydrogens (tertiary/aromatic N) is 1. The lowest BCUT2D eigenvalue weighted by molar-refractivity contribution is 0.203. The van der Waals surface area contributed by atoms with Crippen LogP contribution in [0.4, 0.5) is 0 Å². The predicted molar refractivity (Wildman–Crippen MR) is 62.1 cm³/mol. The maximum Gasteiger partial charge on any atom is 0.0863 e. The van der Waals surface area contributed by atoms with Crippen LogP contribution in [-0.4, -0.2) is 10.9 Å². The highest BCUT2D eigenvalue weighted by molar-refractivity contribution is 6.06. The van der Waals surface area contributed by atoms with Crippen molar-refractivity contribution < 1.29 is 5.21 Å². The minimum atomic E-state index is 0.353. The highest BCUT2D eigenvalue weighted by atomic mass is 16.4. The molecule has 15 heavy (non-hydrogen) atoms. The Labute approximate surface area is 92.1 Å². The number of rotatable bonds is 0. The van der Waals surface area contributed by atoms with Gasteiger partial charge in [0.2, 0.25) is 0 Å². The van der Waals surface area contributed by atoms with Crippen LogP contribution >= 0.6 is 0 Å². The lowest BCUT2D eigenvalue weighted by Crippen LogP contribution is -2.35. The highest BCUT2D eigenvalue weighted by Gasteiger charge is 2.56. The second-order valence-electron chi connectivity index (χ2n) is 5.90. The van der Waals surface area contributed by atoms with Crippen LogP contribution < -0.4 is 0 Å². The van der Waals surface area contributed by atoms with Crippen LogP contribution in [0.2, 0.25) is 0 Å². The third kappa shape index (κ3) is 1.20. The van der Waals surface area contributed by atoms with Crippen LogP contribution in [0.5, 0.6) is 0 Å². The second-order valence-corrected chi connectivity index (χ2v) is 5.90. The summed E-state index contributed by atoms with van der Waals surface area (Å²) in [4.78, 5) is 0. The summed E-state index contributed by atoms with van der Waals surface area (Å²) >= 11 is 0. The molecule has 2 nitrogen and oxygen atoms in total. The molecule has 2 saturated carbocycles. The molecular weight excluding hydrogens is 186 g/mol. The fourth-order valence-electron chi connectivity index (χ4n) is 3.55. The van der Waals surface area contributed by atoms with Gasteiger partial charge in [0.1, 0.15) is 0 Å². The van der Waals surface area contributed by atoms with Gasteiger partial charge >= 0.3 is 0 Å². The van der Waals surface area contributed by atoms with Gasteiger partial charge in [-0.15, -0.1) is 0 Å². The number of oxime groups is 1. The van der Waals surface area contributed by atoms with Crippen molar-refractivity contribution in [3.63, 3.8) is 0 Å². The molecule has 3 atom stereocenters. The van der Waals surface area contributed by atoms with E-state index in [1.165, 1.54) is 17.6 Å². The van der Waals surface area contributed by atoms with E-state index in [0.29, 0.717) is 23.2 Å². The summed E-state index contributed by atoms with van der Waals surface area (Å²) < 4.78 is 0. The van der Waals surface area contributed by atoms with Crippen molar-refractivity contribution in [2.75, 3.05) is 0 Å². The van der Waals surface area contributed by atoms with E-state index in [1.807, 2.05) is 0 Å². The molecule has 0 radical (unpaired) electrons. The zero-order valence-electron chi connectivity index (χ0n) is 10.3. The van der Waals surface area contributed by atoms with E-state index >= 15 is 0 Å². The number of allylic oxidation sites excluding steroid dienone is 2. The molecule has 0 aromatic carbocycles. The third-order valence-electron chi connectivity index (χ3n) is 4.79. The standard InChI is InChI=1S/C13H21NO/c1-7(2)11-10-6-9(12(11)14-15)8(3)13(10,4)5/h8-10,15H,6H2,1-5H3/t8-,9+,10+/m0/s1. The van der Waals surface area contributed by atoms with Crippen LogP contribution in [0, 0.1) is 23.2 Å². The van der Waals surface area contributed by atoms with Crippen LogP contribution in [0.1, 0.15) is 41.0 Å². The summed E-state index contributed by atoms with van der Waals surface area (Å²) in [7, 11) is 0. The molecule has 0 amide bonds. The molecule has 2 fully saturated rings. The average molecular weight is 207 g/mol. The Bertz CT molecular complexity index is 348. The molecule has 0 unspecified atom stereocenters. The molecular formula is C13H21NO. The van der Waals surface area contributed by atoms with Gasteiger partial charge in [0.25, 0.3) is 0 Å². The van der Waals surface area contributed by atoms with Crippen molar-refractivity contribution in [2.45, 2.75) is 41.0 Å². The van der Waals surface area contributed by atoms with Crippen LogP contribution in [0.15, 0.2) is 16.3 Å². The molecule has 0 spiro atoms. The first kappa shape index (κ1) is 10.7. The SMILES string of the molecule is CC(C)=C1C(=NO)[C@@H]2C[C@H]1C(C)(C)[C@H]2C. The minimum Gasteiger partial charge on any atom is -0.411 e.